The van der Waals surface area contributed by atoms with E-state index in [2.05, 4.69) is 228 Å². The molecule has 1 aliphatic heterocycles. The van der Waals surface area contributed by atoms with Crippen LogP contribution in [0.3, 0.4) is 0 Å². The maximum Gasteiger partial charge on any atom is 0.137 e. The van der Waals surface area contributed by atoms with Crippen LogP contribution in [0.15, 0.2) is 176 Å². The average molecular weight is 787 g/mol. The smallest absolute Gasteiger partial charge is 0.137 e. The summed E-state index contributed by atoms with van der Waals surface area (Å²) in [6.45, 7) is 18.9. The van der Waals surface area contributed by atoms with Crippen molar-refractivity contribution in [3.63, 3.8) is 0 Å². The summed E-state index contributed by atoms with van der Waals surface area (Å²) in [4.78, 5) is 9.71. The molecule has 0 amide bonds. The third-order valence-corrected chi connectivity index (χ3v) is 12.1. The highest BCUT2D eigenvalue weighted by Crippen LogP contribution is 2.43. The highest BCUT2D eigenvalue weighted by molar-refractivity contribution is 6.09. The van der Waals surface area contributed by atoms with E-state index in [4.69, 9.17) is 9.72 Å². The van der Waals surface area contributed by atoms with Crippen LogP contribution >= 0.6 is 0 Å². The molecular weight excluding hydrogens is 733 g/mol. The quantitative estimate of drug-likeness (QED) is 0.154. The number of rotatable bonds is 8. The van der Waals surface area contributed by atoms with Crippen LogP contribution in [-0.4, -0.2) is 16.2 Å². The SMILES string of the molecule is CC(C)(C)C1=CN(c2cc(-c3ccccc3)cc(C(C)(C)c3ccccc3)c2)CN1c1cccc(Oc2ccc3c4ccccc4n(-c4cc(C(C)(C)C)ccn4)c3c2)c1. The second kappa shape index (κ2) is 14.9. The number of allylic oxidation sites excluding steroid dienone is 1. The van der Waals surface area contributed by atoms with Gasteiger partial charge in [0.05, 0.1) is 17.7 Å². The van der Waals surface area contributed by atoms with Crippen molar-refractivity contribution in [2.24, 2.45) is 5.41 Å². The van der Waals surface area contributed by atoms with Crippen LogP contribution in [0.2, 0.25) is 0 Å². The Bertz CT molecular complexity index is 2870. The molecule has 0 radical (unpaired) electrons. The maximum absolute atomic E-state index is 6.75. The fraction of sp³-hybridized carbons (Fsp3) is 0.218. The molecule has 0 N–H and O–H groups in total. The molecule has 5 nitrogen and oxygen atoms in total. The first kappa shape index (κ1) is 38.9. The summed E-state index contributed by atoms with van der Waals surface area (Å²) < 4.78 is 9.02. The monoisotopic (exact) mass is 786 g/mol. The third kappa shape index (κ3) is 7.34. The number of hydrogen-bond donors (Lipinski definition) is 0. The van der Waals surface area contributed by atoms with Gasteiger partial charge in [-0.05, 0) is 87.8 Å². The van der Waals surface area contributed by atoms with Gasteiger partial charge in [0.25, 0.3) is 0 Å². The zero-order chi connectivity index (χ0) is 41.8. The Morgan fingerprint density at radius 3 is 1.95 bits per heavy atom. The molecule has 60 heavy (non-hydrogen) atoms. The molecule has 9 rings (SSSR count). The summed E-state index contributed by atoms with van der Waals surface area (Å²) in [5.74, 6) is 2.46. The minimum absolute atomic E-state index is 0.00141. The highest BCUT2D eigenvalue weighted by Gasteiger charge is 2.33. The predicted molar refractivity (Wildman–Crippen MR) is 252 cm³/mol. The van der Waals surface area contributed by atoms with Gasteiger partial charge >= 0.3 is 0 Å². The summed E-state index contributed by atoms with van der Waals surface area (Å²) >= 11 is 0. The van der Waals surface area contributed by atoms with Crippen molar-refractivity contribution in [2.75, 3.05) is 16.5 Å². The first-order valence-corrected chi connectivity index (χ1v) is 21.1. The van der Waals surface area contributed by atoms with E-state index >= 15 is 0 Å². The van der Waals surface area contributed by atoms with E-state index in [0.29, 0.717) is 6.67 Å². The van der Waals surface area contributed by atoms with E-state index in [1.165, 1.54) is 50.0 Å². The summed E-state index contributed by atoms with van der Waals surface area (Å²) in [5.41, 5.74) is 11.6. The van der Waals surface area contributed by atoms with Crippen molar-refractivity contribution in [3.05, 3.63) is 193 Å². The predicted octanol–water partition coefficient (Wildman–Crippen LogP) is 14.4. The summed E-state index contributed by atoms with van der Waals surface area (Å²) in [6, 6.07) is 56.5. The zero-order valence-electron chi connectivity index (χ0n) is 36.1. The van der Waals surface area contributed by atoms with E-state index in [9.17, 15) is 0 Å². The Morgan fingerprint density at radius 2 is 1.20 bits per heavy atom. The molecule has 1 aliphatic rings. The number of benzene rings is 6. The van der Waals surface area contributed by atoms with Gasteiger partial charge in [0.1, 0.15) is 17.3 Å². The number of hydrogen-bond acceptors (Lipinski definition) is 4. The van der Waals surface area contributed by atoms with Gasteiger partial charge in [-0.2, -0.15) is 0 Å². The van der Waals surface area contributed by atoms with Crippen LogP contribution in [0.25, 0.3) is 38.8 Å². The highest BCUT2D eigenvalue weighted by atomic mass is 16.5. The minimum Gasteiger partial charge on any atom is -0.457 e. The molecular formula is C55H54N4O. The normalized spacial score (nSPS) is 13.6. The molecule has 8 aromatic rings. The Balaban J connectivity index is 1.07. The van der Waals surface area contributed by atoms with Crippen molar-refractivity contribution in [1.82, 2.24) is 9.55 Å². The molecule has 0 spiro atoms. The number of pyridine rings is 1. The largest absolute Gasteiger partial charge is 0.457 e. The van der Waals surface area contributed by atoms with Gasteiger partial charge in [0.2, 0.25) is 0 Å². The Hall–Kier alpha value is -6.59. The first-order chi connectivity index (χ1) is 28.7. The molecule has 0 saturated heterocycles. The first-order valence-electron chi connectivity index (χ1n) is 21.1. The van der Waals surface area contributed by atoms with Crippen LogP contribution in [0.4, 0.5) is 11.4 Å². The van der Waals surface area contributed by atoms with Crippen LogP contribution in [0.1, 0.15) is 72.1 Å². The lowest BCUT2D eigenvalue weighted by molar-refractivity contribution is 0.481. The van der Waals surface area contributed by atoms with E-state index in [1.807, 2.05) is 12.3 Å². The number of nitrogens with zero attached hydrogens (tertiary/aromatic N) is 4. The van der Waals surface area contributed by atoms with E-state index < -0.39 is 0 Å². The van der Waals surface area contributed by atoms with Crippen LogP contribution in [-0.2, 0) is 10.8 Å². The lowest BCUT2D eigenvalue weighted by Gasteiger charge is -2.31. The van der Waals surface area contributed by atoms with Gasteiger partial charge < -0.3 is 14.5 Å². The standard InChI is InChI=1S/C55H54N4O/c1-53(2,3)41-28-29-56-52(33-41)59-49-25-16-15-24-47(49)48-27-26-46(35-50(48)59)60-45-23-17-22-43(34-45)58-37-57(36-51(58)54(4,5)6)44-31-39(38-18-11-9-12-19-38)30-42(32-44)55(7,8)40-20-13-10-14-21-40/h9-36H,37H2,1-8H3. The summed E-state index contributed by atoms with van der Waals surface area (Å²) in [5, 5.41) is 2.35. The Labute approximate surface area is 355 Å². The Morgan fingerprint density at radius 1 is 0.500 bits per heavy atom. The topological polar surface area (TPSA) is 33.5 Å². The van der Waals surface area contributed by atoms with Gasteiger partial charge in [-0.3, -0.25) is 4.57 Å². The second-order valence-electron chi connectivity index (χ2n) is 18.7. The van der Waals surface area contributed by atoms with E-state index in [0.717, 1.165) is 34.0 Å². The summed E-state index contributed by atoms with van der Waals surface area (Å²) in [6.07, 6.45) is 4.26. The number of aromatic nitrogens is 2. The fourth-order valence-electron chi connectivity index (χ4n) is 8.54. The maximum atomic E-state index is 6.75. The molecule has 6 aromatic carbocycles. The number of fused-ring (bicyclic) bond motifs is 3. The van der Waals surface area contributed by atoms with Crippen LogP contribution in [0.5, 0.6) is 11.5 Å². The van der Waals surface area contributed by atoms with Gasteiger partial charge in [-0.1, -0.05) is 146 Å². The van der Waals surface area contributed by atoms with Crippen molar-refractivity contribution >= 4 is 33.2 Å². The van der Waals surface area contributed by atoms with E-state index in [-0.39, 0.29) is 16.2 Å². The van der Waals surface area contributed by atoms with Gasteiger partial charge in [0, 0.05) is 63.2 Å². The molecule has 300 valence electrons. The second-order valence-corrected chi connectivity index (χ2v) is 18.7. The van der Waals surface area contributed by atoms with Crippen molar-refractivity contribution in [1.29, 1.82) is 0 Å². The van der Waals surface area contributed by atoms with Gasteiger partial charge in [-0.25, -0.2) is 4.98 Å². The number of para-hydroxylation sites is 1. The fourth-order valence-corrected chi connectivity index (χ4v) is 8.54. The minimum atomic E-state index is -0.202. The molecule has 2 aromatic heterocycles. The van der Waals surface area contributed by atoms with Crippen molar-refractivity contribution in [3.8, 4) is 28.4 Å². The van der Waals surface area contributed by atoms with Crippen molar-refractivity contribution < 1.29 is 4.74 Å². The molecule has 0 atom stereocenters. The summed E-state index contributed by atoms with van der Waals surface area (Å²) in [7, 11) is 0. The number of anilines is 2. The zero-order valence-corrected chi connectivity index (χ0v) is 36.1. The molecule has 3 heterocycles. The molecule has 0 fully saturated rings. The van der Waals surface area contributed by atoms with E-state index in [1.54, 1.807) is 0 Å². The van der Waals surface area contributed by atoms with Gasteiger partial charge in [-0.15, -0.1) is 0 Å². The molecule has 0 saturated carbocycles. The van der Waals surface area contributed by atoms with Crippen LogP contribution in [0, 0.1) is 5.41 Å². The molecule has 0 aliphatic carbocycles. The van der Waals surface area contributed by atoms with Gasteiger partial charge in [0.15, 0.2) is 0 Å². The Kier molecular flexibility index (Phi) is 9.66. The molecule has 5 heteroatoms. The van der Waals surface area contributed by atoms with Crippen molar-refractivity contribution in [2.45, 2.75) is 66.2 Å². The number of ether oxygens (including phenoxy) is 1. The molecule has 0 unspecified atom stereocenters. The van der Waals surface area contributed by atoms with Crippen LogP contribution < -0.4 is 14.5 Å². The average Bonchev–Trinajstić information content (AvgIpc) is 3.85. The molecule has 0 bridgehead atoms. The third-order valence-electron chi connectivity index (χ3n) is 12.1. The lowest BCUT2D eigenvalue weighted by Crippen LogP contribution is -2.30. The lowest BCUT2D eigenvalue weighted by atomic mass is 9.77.